The lowest BCUT2D eigenvalue weighted by Crippen LogP contribution is -2.44. The van der Waals surface area contributed by atoms with Gasteiger partial charge in [-0.05, 0) is 54.8 Å². The Balaban J connectivity index is 1.62. The predicted octanol–water partition coefficient (Wildman–Crippen LogP) is 4.41. The number of benzene rings is 2. The summed E-state index contributed by atoms with van der Waals surface area (Å²) in [4.78, 5) is 14.5. The quantitative estimate of drug-likeness (QED) is 0.772. The van der Waals surface area contributed by atoms with E-state index < -0.39 is 5.82 Å². The maximum atomic E-state index is 13.9. The standard InChI is InChI=1S/C20H20BrFN2O2/c1-13(20(26)23-19-7-4-16(21)12-18(19)22)24-10-8-15(9-11-24)14-2-5-17(25)6-3-14/h2-8,12-13,25H,9-11H2,1H3,(H,23,26). The molecule has 1 aliphatic rings. The van der Waals surface area contributed by atoms with Crippen LogP contribution in [0.1, 0.15) is 18.9 Å². The van der Waals surface area contributed by atoms with E-state index in [9.17, 15) is 14.3 Å². The maximum absolute atomic E-state index is 13.9. The molecule has 2 aromatic carbocycles. The zero-order chi connectivity index (χ0) is 18.7. The number of phenolic OH excluding ortho intramolecular Hbond substituents is 1. The third-order valence-electron chi connectivity index (χ3n) is 4.59. The SMILES string of the molecule is CC(C(=O)Nc1ccc(Br)cc1F)N1CC=C(c2ccc(O)cc2)CC1. The van der Waals surface area contributed by atoms with Gasteiger partial charge in [0.15, 0.2) is 0 Å². The van der Waals surface area contributed by atoms with Crippen LogP contribution in [-0.2, 0) is 4.79 Å². The minimum absolute atomic E-state index is 0.183. The van der Waals surface area contributed by atoms with Gasteiger partial charge in [-0.15, -0.1) is 0 Å². The first-order valence-corrected chi connectivity index (χ1v) is 9.22. The molecule has 4 nitrogen and oxygen atoms in total. The molecule has 1 unspecified atom stereocenters. The molecular formula is C20H20BrFN2O2. The summed E-state index contributed by atoms with van der Waals surface area (Å²) < 4.78 is 14.5. The molecular weight excluding hydrogens is 399 g/mol. The van der Waals surface area contributed by atoms with Crippen molar-refractivity contribution in [2.24, 2.45) is 0 Å². The lowest BCUT2D eigenvalue weighted by atomic mass is 9.98. The predicted molar refractivity (Wildman–Crippen MR) is 104 cm³/mol. The second-order valence-corrected chi connectivity index (χ2v) is 7.23. The first-order chi connectivity index (χ1) is 12.4. The maximum Gasteiger partial charge on any atom is 0.241 e. The number of carbonyl (C=O) groups excluding carboxylic acids is 1. The second kappa shape index (κ2) is 8.01. The monoisotopic (exact) mass is 418 g/mol. The lowest BCUT2D eigenvalue weighted by Gasteiger charge is -2.31. The molecule has 0 radical (unpaired) electrons. The molecule has 3 rings (SSSR count). The van der Waals surface area contributed by atoms with Crippen LogP contribution < -0.4 is 5.32 Å². The van der Waals surface area contributed by atoms with Gasteiger partial charge in [0, 0.05) is 17.6 Å². The fourth-order valence-corrected chi connectivity index (χ4v) is 3.30. The summed E-state index contributed by atoms with van der Waals surface area (Å²) in [5.74, 6) is -0.446. The van der Waals surface area contributed by atoms with Gasteiger partial charge < -0.3 is 10.4 Å². The molecule has 136 valence electrons. The van der Waals surface area contributed by atoms with Crippen molar-refractivity contribution < 1.29 is 14.3 Å². The van der Waals surface area contributed by atoms with E-state index >= 15 is 0 Å². The van der Waals surface area contributed by atoms with E-state index in [1.165, 1.54) is 11.6 Å². The van der Waals surface area contributed by atoms with Crippen LogP contribution in [0.3, 0.4) is 0 Å². The van der Waals surface area contributed by atoms with E-state index in [1.807, 2.05) is 19.1 Å². The molecule has 0 aliphatic carbocycles. The van der Waals surface area contributed by atoms with Crippen LogP contribution in [0.5, 0.6) is 5.75 Å². The Morgan fingerprint density at radius 3 is 2.62 bits per heavy atom. The van der Waals surface area contributed by atoms with Crippen LogP contribution in [0.25, 0.3) is 5.57 Å². The Hall–Kier alpha value is -2.18. The summed E-state index contributed by atoms with van der Waals surface area (Å²) in [6.45, 7) is 3.21. The van der Waals surface area contributed by atoms with Crippen LogP contribution in [0.15, 0.2) is 53.0 Å². The first kappa shape index (κ1) is 18.6. The molecule has 1 heterocycles. The van der Waals surface area contributed by atoms with Crippen LogP contribution >= 0.6 is 15.9 Å². The Kier molecular flexibility index (Phi) is 5.74. The molecule has 0 saturated carbocycles. The van der Waals surface area contributed by atoms with Crippen molar-refractivity contribution in [2.75, 3.05) is 18.4 Å². The lowest BCUT2D eigenvalue weighted by molar-refractivity contribution is -0.120. The number of amides is 1. The molecule has 0 bridgehead atoms. The van der Waals surface area contributed by atoms with Gasteiger partial charge >= 0.3 is 0 Å². The zero-order valence-electron chi connectivity index (χ0n) is 14.4. The largest absolute Gasteiger partial charge is 0.508 e. The fraction of sp³-hybridized carbons (Fsp3) is 0.250. The first-order valence-electron chi connectivity index (χ1n) is 8.42. The van der Waals surface area contributed by atoms with E-state index in [1.54, 1.807) is 24.3 Å². The molecule has 0 fully saturated rings. The summed E-state index contributed by atoms with van der Waals surface area (Å²) in [5, 5.41) is 12.0. The van der Waals surface area contributed by atoms with Crippen molar-refractivity contribution in [3.05, 3.63) is 64.4 Å². The number of hydrogen-bond donors (Lipinski definition) is 2. The van der Waals surface area contributed by atoms with Crippen LogP contribution in [0.2, 0.25) is 0 Å². The average Bonchev–Trinajstić information content (AvgIpc) is 2.64. The topological polar surface area (TPSA) is 52.6 Å². The van der Waals surface area contributed by atoms with Crippen molar-refractivity contribution in [3.63, 3.8) is 0 Å². The summed E-state index contributed by atoms with van der Waals surface area (Å²) in [6, 6.07) is 11.3. The van der Waals surface area contributed by atoms with E-state index in [-0.39, 0.29) is 23.4 Å². The van der Waals surface area contributed by atoms with Crippen molar-refractivity contribution in [1.29, 1.82) is 0 Å². The van der Waals surface area contributed by atoms with E-state index in [4.69, 9.17) is 0 Å². The zero-order valence-corrected chi connectivity index (χ0v) is 16.0. The number of halogens is 2. The highest BCUT2D eigenvalue weighted by Gasteiger charge is 2.24. The Bertz CT molecular complexity index is 836. The molecule has 6 heteroatoms. The third kappa shape index (κ3) is 4.31. The molecule has 0 spiro atoms. The van der Waals surface area contributed by atoms with Gasteiger partial charge in [-0.2, -0.15) is 0 Å². The number of carbonyl (C=O) groups is 1. The third-order valence-corrected chi connectivity index (χ3v) is 5.09. The number of aromatic hydroxyl groups is 1. The molecule has 2 aromatic rings. The summed E-state index contributed by atoms with van der Waals surface area (Å²) in [7, 11) is 0. The van der Waals surface area contributed by atoms with Gasteiger partial charge in [0.2, 0.25) is 5.91 Å². The van der Waals surface area contributed by atoms with Crippen LogP contribution in [0, 0.1) is 5.82 Å². The average molecular weight is 419 g/mol. The minimum atomic E-state index is -0.465. The molecule has 0 aromatic heterocycles. The van der Waals surface area contributed by atoms with Crippen molar-refractivity contribution in [2.45, 2.75) is 19.4 Å². The summed E-state index contributed by atoms with van der Waals surface area (Å²) in [6.07, 6.45) is 2.91. The molecule has 1 aliphatic heterocycles. The minimum Gasteiger partial charge on any atom is -0.508 e. The van der Waals surface area contributed by atoms with Crippen molar-refractivity contribution >= 4 is 33.1 Å². The smallest absolute Gasteiger partial charge is 0.241 e. The number of rotatable bonds is 4. The fourth-order valence-electron chi connectivity index (χ4n) is 2.97. The molecule has 1 atom stereocenters. The highest BCUT2D eigenvalue weighted by atomic mass is 79.9. The normalized spacial score (nSPS) is 16.0. The van der Waals surface area contributed by atoms with Crippen molar-refractivity contribution in [3.8, 4) is 5.75 Å². The van der Waals surface area contributed by atoms with Crippen LogP contribution in [0.4, 0.5) is 10.1 Å². The van der Waals surface area contributed by atoms with Gasteiger partial charge in [-0.3, -0.25) is 9.69 Å². The molecule has 26 heavy (non-hydrogen) atoms. The van der Waals surface area contributed by atoms with E-state index in [0.29, 0.717) is 11.0 Å². The Morgan fingerprint density at radius 1 is 1.27 bits per heavy atom. The summed E-state index contributed by atoms with van der Waals surface area (Å²) in [5.41, 5.74) is 2.46. The number of anilines is 1. The molecule has 1 amide bonds. The molecule has 2 N–H and O–H groups in total. The van der Waals surface area contributed by atoms with Gasteiger partial charge in [0.05, 0.1) is 11.7 Å². The number of hydrogen-bond acceptors (Lipinski definition) is 3. The Morgan fingerprint density at radius 2 is 2.00 bits per heavy atom. The molecule has 0 saturated heterocycles. The van der Waals surface area contributed by atoms with Gasteiger partial charge in [0.25, 0.3) is 0 Å². The highest BCUT2D eigenvalue weighted by molar-refractivity contribution is 9.10. The van der Waals surface area contributed by atoms with Gasteiger partial charge in [0.1, 0.15) is 11.6 Å². The number of nitrogens with zero attached hydrogens (tertiary/aromatic N) is 1. The number of nitrogens with one attached hydrogen (secondary N) is 1. The highest BCUT2D eigenvalue weighted by Crippen LogP contribution is 2.25. The summed E-state index contributed by atoms with van der Waals surface area (Å²) >= 11 is 3.20. The van der Waals surface area contributed by atoms with E-state index in [2.05, 4.69) is 32.2 Å². The van der Waals surface area contributed by atoms with Gasteiger partial charge in [-0.1, -0.05) is 34.1 Å². The van der Waals surface area contributed by atoms with Crippen molar-refractivity contribution in [1.82, 2.24) is 4.90 Å². The van der Waals surface area contributed by atoms with E-state index in [0.717, 1.165) is 18.5 Å². The number of phenols is 1. The Labute approximate surface area is 160 Å². The van der Waals surface area contributed by atoms with Gasteiger partial charge in [-0.25, -0.2) is 4.39 Å². The van der Waals surface area contributed by atoms with Crippen LogP contribution in [-0.4, -0.2) is 35.0 Å². The second-order valence-electron chi connectivity index (χ2n) is 6.31.